The Morgan fingerprint density at radius 2 is 2.27 bits per heavy atom. The van der Waals surface area contributed by atoms with E-state index in [2.05, 4.69) is 5.32 Å². The van der Waals surface area contributed by atoms with Crippen LogP contribution in [0.25, 0.3) is 0 Å². The van der Waals surface area contributed by atoms with Gasteiger partial charge in [-0.2, -0.15) is 11.8 Å². The van der Waals surface area contributed by atoms with Gasteiger partial charge in [-0.25, -0.2) is 0 Å². The quantitative estimate of drug-likeness (QED) is 0.619. The minimum atomic E-state index is -0.345. The number of nitrogens with one attached hydrogen (secondary N) is 1. The van der Waals surface area contributed by atoms with Crippen molar-refractivity contribution in [2.75, 3.05) is 18.1 Å². The molecule has 0 fully saturated rings. The van der Waals surface area contributed by atoms with Crippen molar-refractivity contribution in [2.45, 2.75) is 12.7 Å². The lowest BCUT2D eigenvalue weighted by Crippen LogP contribution is -2.01. The smallest absolute Gasteiger partial charge is 0.292 e. The third-order valence-corrected chi connectivity index (χ3v) is 2.56. The fraction of sp³-hybridized carbons (Fsp3) is 0.400. The van der Waals surface area contributed by atoms with Crippen molar-refractivity contribution in [3.63, 3.8) is 0 Å². The summed E-state index contributed by atoms with van der Waals surface area (Å²) in [6.07, 6.45) is 1.98. The van der Waals surface area contributed by atoms with Crippen molar-refractivity contribution in [3.8, 4) is 0 Å². The van der Waals surface area contributed by atoms with Crippen LogP contribution < -0.4 is 5.32 Å². The monoisotopic (exact) mass is 226 g/mol. The Balaban J connectivity index is 3.03. The van der Waals surface area contributed by atoms with Gasteiger partial charge >= 0.3 is 0 Å². The van der Waals surface area contributed by atoms with Crippen LogP contribution in [0.5, 0.6) is 0 Å². The van der Waals surface area contributed by atoms with E-state index in [0.29, 0.717) is 12.2 Å². The number of nitrogens with zero attached hydrogens (tertiary/aromatic N) is 1. The number of anilines is 1. The molecule has 0 aliphatic rings. The van der Waals surface area contributed by atoms with Crippen molar-refractivity contribution in [1.29, 1.82) is 0 Å². The number of hydrogen-bond donors (Lipinski definition) is 1. The number of hydrogen-bond acceptors (Lipinski definition) is 4. The van der Waals surface area contributed by atoms with Crippen LogP contribution in [0.3, 0.4) is 0 Å². The summed E-state index contributed by atoms with van der Waals surface area (Å²) in [6.45, 7) is 2.60. The third kappa shape index (κ3) is 3.13. The Morgan fingerprint density at radius 3 is 2.80 bits per heavy atom. The predicted octanol–water partition coefficient (Wildman–Crippen LogP) is 2.89. The Hall–Kier alpha value is -1.23. The first kappa shape index (κ1) is 11.8. The average Bonchev–Trinajstić information content (AvgIpc) is 2.21. The summed E-state index contributed by atoms with van der Waals surface area (Å²) in [6, 6.07) is 5.32. The summed E-state index contributed by atoms with van der Waals surface area (Å²) < 4.78 is 0. The van der Waals surface area contributed by atoms with Gasteiger partial charge in [-0.15, -0.1) is 0 Å². The highest BCUT2D eigenvalue weighted by Gasteiger charge is 2.13. The van der Waals surface area contributed by atoms with E-state index in [0.717, 1.165) is 11.3 Å². The van der Waals surface area contributed by atoms with Gasteiger partial charge in [0.15, 0.2) is 0 Å². The van der Waals surface area contributed by atoms with Crippen LogP contribution in [0.2, 0.25) is 0 Å². The topological polar surface area (TPSA) is 55.2 Å². The molecule has 0 heterocycles. The molecule has 1 rings (SSSR count). The number of rotatable bonds is 5. The molecule has 4 nitrogen and oxygen atoms in total. The summed E-state index contributed by atoms with van der Waals surface area (Å²) >= 11 is 1.65. The summed E-state index contributed by atoms with van der Waals surface area (Å²) in [5, 5.41) is 13.8. The molecule has 15 heavy (non-hydrogen) atoms. The highest BCUT2D eigenvalue weighted by molar-refractivity contribution is 7.97. The highest BCUT2D eigenvalue weighted by atomic mass is 32.2. The Kier molecular flexibility index (Phi) is 4.42. The predicted molar refractivity (Wildman–Crippen MR) is 64.5 cm³/mol. The molecular formula is C10H14N2O2S. The first-order valence-corrected chi connectivity index (χ1v) is 6.08. The van der Waals surface area contributed by atoms with Crippen molar-refractivity contribution >= 4 is 23.1 Å². The maximum Gasteiger partial charge on any atom is 0.292 e. The van der Waals surface area contributed by atoms with E-state index < -0.39 is 0 Å². The van der Waals surface area contributed by atoms with Gasteiger partial charge in [0.2, 0.25) is 0 Å². The molecule has 0 aliphatic heterocycles. The number of thioether (sulfide) groups is 1. The first-order valence-electron chi connectivity index (χ1n) is 4.69. The summed E-state index contributed by atoms with van der Waals surface area (Å²) in [4.78, 5) is 10.5. The molecule has 0 aromatic heterocycles. The van der Waals surface area contributed by atoms with E-state index in [1.807, 2.05) is 19.2 Å². The highest BCUT2D eigenvalue weighted by Crippen LogP contribution is 2.26. The van der Waals surface area contributed by atoms with Crippen molar-refractivity contribution < 1.29 is 4.92 Å². The Bertz CT molecular complexity index is 355. The van der Waals surface area contributed by atoms with Gasteiger partial charge in [-0.3, -0.25) is 10.1 Å². The summed E-state index contributed by atoms with van der Waals surface area (Å²) in [7, 11) is 0. The number of nitro benzene ring substituents is 1. The maximum absolute atomic E-state index is 10.8. The largest absolute Gasteiger partial charge is 0.380 e. The molecule has 0 unspecified atom stereocenters. The lowest BCUT2D eigenvalue weighted by atomic mass is 10.2. The molecule has 0 saturated heterocycles. The van der Waals surface area contributed by atoms with Gasteiger partial charge < -0.3 is 5.32 Å². The van der Waals surface area contributed by atoms with Crippen LogP contribution in [-0.2, 0) is 5.75 Å². The van der Waals surface area contributed by atoms with Gasteiger partial charge in [0.25, 0.3) is 5.69 Å². The number of nitro groups is 1. The van der Waals surface area contributed by atoms with Gasteiger partial charge in [0.05, 0.1) is 4.92 Å². The van der Waals surface area contributed by atoms with E-state index in [9.17, 15) is 10.1 Å². The van der Waals surface area contributed by atoms with Crippen LogP contribution in [-0.4, -0.2) is 17.7 Å². The zero-order valence-electron chi connectivity index (χ0n) is 8.82. The van der Waals surface area contributed by atoms with Crippen LogP contribution in [0, 0.1) is 10.1 Å². The molecule has 5 heteroatoms. The summed E-state index contributed by atoms with van der Waals surface area (Å²) in [5.74, 6) is 0.799. The molecule has 1 aromatic carbocycles. The van der Waals surface area contributed by atoms with E-state index >= 15 is 0 Å². The van der Waals surface area contributed by atoms with Crippen LogP contribution in [0.1, 0.15) is 12.5 Å². The zero-order chi connectivity index (χ0) is 11.3. The first-order chi connectivity index (χ1) is 7.19. The van der Waals surface area contributed by atoms with Gasteiger partial charge in [0.1, 0.15) is 5.69 Å². The van der Waals surface area contributed by atoms with Gasteiger partial charge in [0, 0.05) is 18.4 Å². The number of benzene rings is 1. The summed E-state index contributed by atoms with van der Waals surface area (Å²) in [5.41, 5.74) is 1.73. The molecule has 0 amide bonds. The van der Waals surface area contributed by atoms with Crippen LogP contribution >= 0.6 is 11.8 Å². The molecule has 0 bridgehead atoms. The molecule has 0 radical (unpaired) electrons. The zero-order valence-corrected chi connectivity index (χ0v) is 9.63. The minimum Gasteiger partial charge on any atom is -0.380 e. The van der Waals surface area contributed by atoms with E-state index in [4.69, 9.17) is 0 Å². The van der Waals surface area contributed by atoms with Crippen molar-refractivity contribution in [2.24, 2.45) is 0 Å². The molecule has 1 N–H and O–H groups in total. The molecule has 82 valence electrons. The second-order valence-corrected chi connectivity index (χ2v) is 3.94. The molecule has 0 saturated carbocycles. The maximum atomic E-state index is 10.8. The van der Waals surface area contributed by atoms with Crippen LogP contribution in [0.15, 0.2) is 18.2 Å². The van der Waals surface area contributed by atoms with Crippen molar-refractivity contribution in [1.82, 2.24) is 0 Å². The lowest BCUT2D eigenvalue weighted by Gasteiger charge is -2.05. The Morgan fingerprint density at radius 1 is 1.53 bits per heavy atom. The lowest BCUT2D eigenvalue weighted by molar-refractivity contribution is -0.384. The minimum absolute atomic E-state index is 0.156. The van der Waals surface area contributed by atoms with E-state index in [1.165, 1.54) is 0 Å². The normalized spacial score (nSPS) is 10.0. The Labute approximate surface area is 93.2 Å². The molecule has 0 spiro atoms. The SMILES string of the molecule is CCNc1ccc(CSC)cc1[N+](=O)[O-]. The van der Waals surface area contributed by atoms with Crippen molar-refractivity contribution in [3.05, 3.63) is 33.9 Å². The van der Waals surface area contributed by atoms with Gasteiger partial charge in [-0.1, -0.05) is 6.07 Å². The van der Waals surface area contributed by atoms with E-state index in [1.54, 1.807) is 23.9 Å². The average molecular weight is 226 g/mol. The van der Waals surface area contributed by atoms with Crippen LogP contribution in [0.4, 0.5) is 11.4 Å². The fourth-order valence-corrected chi connectivity index (χ4v) is 1.84. The molecular weight excluding hydrogens is 212 g/mol. The molecule has 0 atom stereocenters. The second kappa shape index (κ2) is 5.60. The standard InChI is InChI=1S/C10H14N2O2S/c1-3-11-9-5-4-8(7-15-2)6-10(9)12(13)14/h4-6,11H,3,7H2,1-2H3. The molecule has 1 aromatic rings. The van der Waals surface area contributed by atoms with E-state index in [-0.39, 0.29) is 10.6 Å². The third-order valence-electron chi connectivity index (χ3n) is 1.94. The fourth-order valence-electron chi connectivity index (χ4n) is 1.32. The van der Waals surface area contributed by atoms with Gasteiger partial charge in [-0.05, 0) is 24.8 Å². The second-order valence-electron chi connectivity index (χ2n) is 3.07. The molecule has 0 aliphatic carbocycles.